The van der Waals surface area contributed by atoms with Crippen LogP contribution in [-0.4, -0.2) is 33.8 Å². The van der Waals surface area contributed by atoms with E-state index in [4.69, 9.17) is 0 Å². The number of carbonyl (C=O) groups is 1. The summed E-state index contributed by atoms with van der Waals surface area (Å²) in [7, 11) is 1.80. The van der Waals surface area contributed by atoms with Gasteiger partial charge in [0.25, 0.3) is 0 Å². The third-order valence-corrected chi connectivity index (χ3v) is 3.53. The molecule has 1 aromatic heterocycles. The smallest absolute Gasteiger partial charge is 0.317 e. The van der Waals surface area contributed by atoms with Crippen LogP contribution in [0.4, 0.5) is 4.79 Å². The highest BCUT2D eigenvalue weighted by atomic mass is 16.2. The fraction of sp³-hybridized carbons (Fsp3) is 0.733. The zero-order valence-electron chi connectivity index (χ0n) is 14.0. The van der Waals surface area contributed by atoms with Crippen LogP contribution in [0.1, 0.15) is 58.8 Å². The molecular formula is C15H28N4O. The number of hydrogen-bond acceptors (Lipinski definition) is 2. The summed E-state index contributed by atoms with van der Waals surface area (Å²) in [5.41, 5.74) is 1.96. The van der Waals surface area contributed by atoms with Crippen LogP contribution in [-0.2, 0) is 5.54 Å². The molecule has 1 N–H and O–H groups in total. The Kier molecular flexibility index (Phi) is 4.84. The molecular weight excluding hydrogens is 252 g/mol. The van der Waals surface area contributed by atoms with E-state index in [9.17, 15) is 4.79 Å². The van der Waals surface area contributed by atoms with Gasteiger partial charge < -0.3 is 10.2 Å². The van der Waals surface area contributed by atoms with E-state index in [0.717, 1.165) is 11.3 Å². The lowest BCUT2D eigenvalue weighted by atomic mass is 10.1. The van der Waals surface area contributed by atoms with Crippen LogP contribution in [0.2, 0.25) is 0 Å². The molecule has 0 radical (unpaired) electrons. The van der Waals surface area contributed by atoms with E-state index in [1.165, 1.54) is 0 Å². The topological polar surface area (TPSA) is 50.2 Å². The predicted octanol–water partition coefficient (Wildman–Crippen LogP) is 3.06. The van der Waals surface area contributed by atoms with Crippen LogP contribution < -0.4 is 5.32 Å². The van der Waals surface area contributed by atoms with E-state index in [-0.39, 0.29) is 23.7 Å². The van der Waals surface area contributed by atoms with E-state index < -0.39 is 0 Å². The molecule has 114 valence electrons. The van der Waals surface area contributed by atoms with Crippen molar-refractivity contribution >= 4 is 6.03 Å². The first-order valence-electron chi connectivity index (χ1n) is 7.14. The van der Waals surface area contributed by atoms with E-state index >= 15 is 0 Å². The molecule has 0 aliphatic carbocycles. The van der Waals surface area contributed by atoms with Crippen molar-refractivity contribution < 1.29 is 4.79 Å². The molecule has 2 amide bonds. The SMILES string of the molecule is Cc1nn(C(C)(C)C)cc1C(C)NC(=O)N(C)C(C)C. The Bertz CT molecular complexity index is 471. The Hall–Kier alpha value is -1.52. The van der Waals surface area contributed by atoms with Crippen molar-refractivity contribution in [2.24, 2.45) is 0 Å². The number of urea groups is 1. The standard InChI is InChI=1S/C15H28N4O/c1-10(2)18(8)14(20)16-11(3)13-9-19(15(5,6)7)17-12(13)4/h9-11H,1-8H3,(H,16,20). The van der Waals surface area contributed by atoms with Crippen molar-refractivity contribution in [3.05, 3.63) is 17.5 Å². The molecule has 0 saturated heterocycles. The largest absolute Gasteiger partial charge is 0.331 e. The van der Waals surface area contributed by atoms with Crippen LogP contribution in [0.3, 0.4) is 0 Å². The Morgan fingerprint density at radius 3 is 2.30 bits per heavy atom. The Morgan fingerprint density at radius 1 is 1.35 bits per heavy atom. The second-order valence-corrected chi connectivity index (χ2v) is 6.66. The monoisotopic (exact) mass is 280 g/mol. The van der Waals surface area contributed by atoms with Gasteiger partial charge in [-0.25, -0.2) is 4.79 Å². The van der Waals surface area contributed by atoms with Gasteiger partial charge >= 0.3 is 6.03 Å². The van der Waals surface area contributed by atoms with E-state index in [1.807, 2.05) is 38.6 Å². The zero-order chi connectivity index (χ0) is 15.7. The molecule has 0 bridgehead atoms. The lowest BCUT2D eigenvalue weighted by molar-refractivity contribution is 0.194. The minimum Gasteiger partial charge on any atom is -0.331 e. The third-order valence-electron chi connectivity index (χ3n) is 3.53. The summed E-state index contributed by atoms with van der Waals surface area (Å²) < 4.78 is 1.95. The van der Waals surface area contributed by atoms with Gasteiger partial charge in [-0.05, 0) is 48.5 Å². The maximum atomic E-state index is 12.1. The van der Waals surface area contributed by atoms with E-state index in [1.54, 1.807) is 11.9 Å². The van der Waals surface area contributed by atoms with Crippen molar-refractivity contribution in [2.75, 3.05) is 7.05 Å². The molecule has 1 unspecified atom stereocenters. The average molecular weight is 280 g/mol. The molecule has 0 spiro atoms. The highest BCUT2D eigenvalue weighted by Crippen LogP contribution is 2.21. The quantitative estimate of drug-likeness (QED) is 0.925. The van der Waals surface area contributed by atoms with Gasteiger partial charge in [-0.15, -0.1) is 0 Å². The van der Waals surface area contributed by atoms with Gasteiger partial charge in [0.15, 0.2) is 0 Å². The second kappa shape index (κ2) is 5.85. The minimum absolute atomic E-state index is 0.0541. The van der Waals surface area contributed by atoms with Gasteiger partial charge in [0, 0.05) is 24.8 Å². The number of aryl methyl sites for hydroxylation is 1. The van der Waals surface area contributed by atoms with Gasteiger partial charge in [-0.1, -0.05) is 0 Å². The molecule has 1 atom stereocenters. The first-order valence-corrected chi connectivity index (χ1v) is 7.14. The van der Waals surface area contributed by atoms with E-state index in [0.29, 0.717) is 0 Å². The molecule has 1 aromatic rings. The lowest BCUT2D eigenvalue weighted by Crippen LogP contribution is -2.42. The van der Waals surface area contributed by atoms with Gasteiger partial charge in [0.05, 0.1) is 17.3 Å². The van der Waals surface area contributed by atoms with Crippen molar-refractivity contribution in [1.82, 2.24) is 20.0 Å². The van der Waals surface area contributed by atoms with Crippen LogP contribution in [0.25, 0.3) is 0 Å². The summed E-state index contributed by atoms with van der Waals surface area (Å²) in [4.78, 5) is 13.8. The first-order chi connectivity index (χ1) is 9.04. The summed E-state index contributed by atoms with van der Waals surface area (Å²) >= 11 is 0. The molecule has 0 aliphatic heterocycles. The number of hydrogen-bond donors (Lipinski definition) is 1. The molecule has 1 heterocycles. The normalized spacial score (nSPS) is 13.4. The molecule has 0 fully saturated rings. The number of carbonyl (C=O) groups excluding carboxylic acids is 1. The van der Waals surface area contributed by atoms with Crippen molar-refractivity contribution in [1.29, 1.82) is 0 Å². The summed E-state index contributed by atoms with van der Waals surface area (Å²) in [5.74, 6) is 0. The molecule has 1 rings (SSSR count). The molecule has 0 aromatic carbocycles. The molecule has 5 nitrogen and oxygen atoms in total. The Balaban J connectivity index is 2.86. The molecule has 0 aliphatic rings. The summed E-state index contributed by atoms with van der Waals surface area (Å²) in [6.07, 6.45) is 2.02. The Morgan fingerprint density at radius 2 is 1.90 bits per heavy atom. The molecule has 0 saturated carbocycles. The zero-order valence-corrected chi connectivity index (χ0v) is 14.0. The summed E-state index contributed by atoms with van der Waals surface area (Å²) in [5, 5.41) is 7.56. The third kappa shape index (κ3) is 3.74. The molecule has 20 heavy (non-hydrogen) atoms. The van der Waals surface area contributed by atoms with Crippen LogP contribution in [0.15, 0.2) is 6.20 Å². The fourth-order valence-electron chi connectivity index (χ4n) is 1.84. The number of nitrogens with zero attached hydrogens (tertiary/aromatic N) is 3. The minimum atomic E-state index is -0.0598. The summed E-state index contributed by atoms with van der Waals surface area (Å²) in [6, 6.07) is 0.0656. The first kappa shape index (κ1) is 16.5. The maximum absolute atomic E-state index is 12.1. The van der Waals surface area contributed by atoms with Crippen LogP contribution in [0.5, 0.6) is 0 Å². The van der Waals surface area contributed by atoms with Crippen molar-refractivity contribution in [3.8, 4) is 0 Å². The highest BCUT2D eigenvalue weighted by molar-refractivity contribution is 5.74. The maximum Gasteiger partial charge on any atom is 0.317 e. The van der Waals surface area contributed by atoms with Gasteiger partial charge in [0.2, 0.25) is 0 Å². The number of aromatic nitrogens is 2. The fourth-order valence-corrected chi connectivity index (χ4v) is 1.84. The number of nitrogens with one attached hydrogen (secondary N) is 1. The van der Waals surface area contributed by atoms with Crippen LogP contribution in [0, 0.1) is 6.92 Å². The van der Waals surface area contributed by atoms with Gasteiger partial charge in [0.1, 0.15) is 0 Å². The lowest BCUT2D eigenvalue weighted by Gasteiger charge is -2.24. The summed E-state index contributed by atoms with van der Waals surface area (Å²) in [6.45, 7) is 14.3. The highest BCUT2D eigenvalue weighted by Gasteiger charge is 2.21. The van der Waals surface area contributed by atoms with Gasteiger partial charge in [-0.2, -0.15) is 5.10 Å². The van der Waals surface area contributed by atoms with Crippen molar-refractivity contribution in [2.45, 2.75) is 66.1 Å². The number of rotatable bonds is 3. The number of amides is 2. The average Bonchev–Trinajstić information content (AvgIpc) is 2.69. The Labute approximate surface area is 122 Å². The predicted molar refractivity (Wildman–Crippen MR) is 81.8 cm³/mol. The second-order valence-electron chi connectivity index (χ2n) is 6.66. The van der Waals surface area contributed by atoms with Crippen LogP contribution >= 0.6 is 0 Å². The molecule has 5 heteroatoms. The van der Waals surface area contributed by atoms with E-state index in [2.05, 4.69) is 31.2 Å². The van der Waals surface area contributed by atoms with Crippen molar-refractivity contribution in [3.63, 3.8) is 0 Å². The van der Waals surface area contributed by atoms with Gasteiger partial charge in [-0.3, -0.25) is 4.68 Å².